The second-order valence-corrected chi connectivity index (χ2v) is 5.97. The van der Waals surface area contributed by atoms with Crippen molar-refractivity contribution in [2.75, 3.05) is 44.3 Å². The van der Waals surface area contributed by atoms with E-state index in [1.54, 1.807) is 0 Å². The van der Waals surface area contributed by atoms with Crippen LogP contribution in [0.25, 0.3) is 0 Å². The number of rotatable bonds is 5. The summed E-state index contributed by atoms with van der Waals surface area (Å²) in [4.78, 5) is 2.56. The molecule has 2 atom stereocenters. The van der Waals surface area contributed by atoms with Crippen molar-refractivity contribution in [1.82, 2.24) is 10.2 Å². The van der Waals surface area contributed by atoms with Crippen LogP contribution in [0.5, 0.6) is 0 Å². The first kappa shape index (κ1) is 12.7. The summed E-state index contributed by atoms with van der Waals surface area (Å²) in [6.07, 6.45) is 2.92. The molecule has 3 nitrogen and oxygen atoms in total. The second kappa shape index (κ2) is 6.84. The smallest absolute Gasteiger partial charge is 0.0726 e. The highest BCUT2D eigenvalue weighted by Gasteiger charge is 2.21. The molecule has 16 heavy (non-hydrogen) atoms. The largest absolute Gasteiger partial charge is 0.377 e. The van der Waals surface area contributed by atoms with E-state index in [1.165, 1.54) is 44.0 Å². The Bertz CT molecular complexity index is 191. The van der Waals surface area contributed by atoms with Crippen molar-refractivity contribution in [1.29, 1.82) is 0 Å². The van der Waals surface area contributed by atoms with E-state index in [0.29, 0.717) is 12.1 Å². The first-order valence-electron chi connectivity index (χ1n) is 6.51. The molecule has 94 valence electrons. The Hall–Kier alpha value is 0.230. The molecule has 0 aliphatic carbocycles. The van der Waals surface area contributed by atoms with Gasteiger partial charge >= 0.3 is 0 Å². The monoisotopic (exact) mass is 244 g/mol. The van der Waals surface area contributed by atoms with Crippen molar-refractivity contribution in [3.8, 4) is 0 Å². The Labute approximate surface area is 103 Å². The van der Waals surface area contributed by atoms with Crippen LogP contribution in [0.2, 0.25) is 0 Å². The molecular weight excluding hydrogens is 220 g/mol. The highest BCUT2D eigenvalue weighted by molar-refractivity contribution is 7.99. The van der Waals surface area contributed by atoms with E-state index in [-0.39, 0.29) is 0 Å². The summed E-state index contributed by atoms with van der Waals surface area (Å²) in [5.74, 6) is 2.61. The summed E-state index contributed by atoms with van der Waals surface area (Å²) >= 11 is 2.08. The number of hydrogen-bond donors (Lipinski definition) is 1. The zero-order valence-electron chi connectivity index (χ0n) is 10.3. The molecule has 0 aromatic heterocycles. The topological polar surface area (TPSA) is 24.5 Å². The molecule has 0 aromatic rings. The van der Waals surface area contributed by atoms with Gasteiger partial charge in [0.2, 0.25) is 0 Å². The van der Waals surface area contributed by atoms with Crippen LogP contribution in [0.3, 0.4) is 0 Å². The molecule has 1 N–H and O–H groups in total. The van der Waals surface area contributed by atoms with Crippen LogP contribution in [0.4, 0.5) is 0 Å². The maximum absolute atomic E-state index is 5.68. The molecule has 0 amide bonds. The van der Waals surface area contributed by atoms with Crippen molar-refractivity contribution in [3.05, 3.63) is 0 Å². The summed E-state index contributed by atoms with van der Waals surface area (Å²) in [5, 5.41) is 3.60. The Morgan fingerprint density at radius 3 is 2.94 bits per heavy atom. The summed E-state index contributed by atoms with van der Waals surface area (Å²) in [7, 11) is 0. The van der Waals surface area contributed by atoms with Gasteiger partial charge in [0.25, 0.3) is 0 Å². The Kier molecular flexibility index (Phi) is 5.42. The third-order valence-corrected chi connectivity index (χ3v) is 4.46. The molecule has 0 spiro atoms. The van der Waals surface area contributed by atoms with E-state index in [0.717, 1.165) is 13.2 Å². The molecule has 2 aliphatic rings. The normalized spacial score (nSPS) is 29.4. The van der Waals surface area contributed by atoms with E-state index >= 15 is 0 Å². The number of hydrogen-bond acceptors (Lipinski definition) is 4. The second-order valence-electron chi connectivity index (χ2n) is 4.75. The van der Waals surface area contributed by atoms with Crippen LogP contribution in [-0.4, -0.2) is 61.3 Å². The fraction of sp³-hybridized carbons (Fsp3) is 1.00. The predicted octanol–water partition coefficient (Wildman–Crippen LogP) is 1.19. The van der Waals surface area contributed by atoms with Gasteiger partial charge in [-0.05, 0) is 19.8 Å². The third kappa shape index (κ3) is 3.91. The zero-order chi connectivity index (χ0) is 11.2. The lowest BCUT2D eigenvalue weighted by atomic mass is 10.1. The molecule has 0 bridgehead atoms. The summed E-state index contributed by atoms with van der Waals surface area (Å²) in [6, 6.07) is 0.515. The molecule has 0 radical (unpaired) electrons. The van der Waals surface area contributed by atoms with Gasteiger partial charge in [-0.2, -0.15) is 11.8 Å². The van der Waals surface area contributed by atoms with Crippen LogP contribution in [0, 0.1) is 0 Å². The van der Waals surface area contributed by atoms with Gasteiger partial charge in [-0.15, -0.1) is 0 Å². The third-order valence-electron chi connectivity index (χ3n) is 3.52. The van der Waals surface area contributed by atoms with Crippen LogP contribution in [0.15, 0.2) is 0 Å². The van der Waals surface area contributed by atoms with E-state index in [9.17, 15) is 0 Å². The van der Waals surface area contributed by atoms with Gasteiger partial charge in [0, 0.05) is 50.3 Å². The summed E-state index contributed by atoms with van der Waals surface area (Å²) in [6.45, 7) is 8.03. The van der Waals surface area contributed by atoms with E-state index in [4.69, 9.17) is 4.74 Å². The lowest BCUT2D eigenvalue weighted by Gasteiger charge is -2.27. The van der Waals surface area contributed by atoms with E-state index in [1.807, 2.05) is 0 Å². The van der Waals surface area contributed by atoms with Crippen LogP contribution in [-0.2, 0) is 4.74 Å². The molecule has 4 heteroatoms. The van der Waals surface area contributed by atoms with Gasteiger partial charge in [-0.3, -0.25) is 0 Å². The first-order valence-corrected chi connectivity index (χ1v) is 7.67. The molecule has 0 saturated carbocycles. The van der Waals surface area contributed by atoms with Gasteiger partial charge in [-0.1, -0.05) is 0 Å². The van der Waals surface area contributed by atoms with Crippen molar-refractivity contribution < 1.29 is 4.74 Å². The number of ether oxygens (including phenoxy) is 1. The zero-order valence-corrected chi connectivity index (χ0v) is 11.1. The lowest BCUT2D eigenvalue weighted by Crippen LogP contribution is -2.43. The molecule has 2 saturated heterocycles. The molecule has 2 rings (SSSR count). The van der Waals surface area contributed by atoms with Crippen molar-refractivity contribution in [3.63, 3.8) is 0 Å². The van der Waals surface area contributed by atoms with Gasteiger partial charge in [0.15, 0.2) is 0 Å². The fourth-order valence-electron chi connectivity index (χ4n) is 2.40. The van der Waals surface area contributed by atoms with Crippen molar-refractivity contribution in [2.45, 2.75) is 31.9 Å². The Morgan fingerprint density at radius 2 is 2.25 bits per heavy atom. The Balaban J connectivity index is 1.56. The average Bonchev–Trinajstić information content (AvgIpc) is 2.84. The van der Waals surface area contributed by atoms with Gasteiger partial charge in [-0.25, -0.2) is 0 Å². The van der Waals surface area contributed by atoms with Crippen LogP contribution in [0.1, 0.15) is 19.8 Å². The first-order chi connectivity index (χ1) is 7.86. The highest BCUT2D eigenvalue weighted by Crippen LogP contribution is 2.15. The quantitative estimate of drug-likeness (QED) is 0.785. The summed E-state index contributed by atoms with van der Waals surface area (Å²) in [5.41, 5.74) is 0. The standard InChI is InChI=1S/C12H24N2OS/c1-11(12-3-2-8-15-12)13-4-5-14-6-9-16-10-7-14/h11-13H,2-10H2,1H3. The van der Waals surface area contributed by atoms with Crippen molar-refractivity contribution >= 4 is 11.8 Å². The maximum Gasteiger partial charge on any atom is 0.0726 e. The maximum atomic E-state index is 5.68. The molecular formula is C12H24N2OS. The lowest BCUT2D eigenvalue weighted by molar-refractivity contribution is 0.0828. The van der Waals surface area contributed by atoms with Crippen LogP contribution < -0.4 is 5.32 Å². The minimum atomic E-state index is 0.455. The van der Waals surface area contributed by atoms with E-state index < -0.39 is 0 Å². The number of nitrogens with zero attached hydrogens (tertiary/aromatic N) is 1. The molecule has 0 aromatic carbocycles. The minimum Gasteiger partial charge on any atom is -0.377 e. The fourth-order valence-corrected chi connectivity index (χ4v) is 3.38. The number of thioether (sulfide) groups is 1. The SMILES string of the molecule is CC(NCCN1CCSCC1)C1CCCO1. The molecule has 2 heterocycles. The van der Waals surface area contributed by atoms with Gasteiger partial charge in [0.1, 0.15) is 0 Å². The predicted molar refractivity (Wildman–Crippen MR) is 70.2 cm³/mol. The summed E-state index contributed by atoms with van der Waals surface area (Å²) < 4.78 is 5.68. The number of nitrogens with one attached hydrogen (secondary N) is 1. The molecule has 2 aliphatic heterocycles. The average molecular weight is 244 g/mol. The van der Waals surface area contributed by atoms with Gasteiger partial charge in [0.05, 0.1) is 6.10 Å². The molecule has 2 fully saturated rings. The van der Waals surface area contributed by atoms with Crippen molar-refractivity contribution in [2.24, 2.45) is 0 Å². The van der Waals surface area contributed by atoms with Gasteiger partial charge < -0.3 is 15.0 Å². The van der Waals surface area contributed by atoms with Crippen LogP contribution >= 0.6 is 11.8 Å². The van der Waals surface area contributed by atoms with E-state index in [2.05, 4.69) is 28.9 Å². The molecule has 2 unspecified atom stereocenters. The minimum absolute atomic E-state index is 0.455. The Morgan fingerprint density at radius 1 is 1.44 bits per heavy atom. The highest BCUT2D eigenvalue weighted by atomic mass is 32.2.